The summed E-state index contributed by atoms with van der Waals surface area (Å²) in [5.74, 6) is 4.77. The number of hydrazine groups is 1. The zero-order valence-corrected chi connectivity index (χ0v) is 11.2. The number of nitro benzene ring substituents is 1. The highest BCUT2D eigenvalue weighted by Gasteiger charge is 2.20. The normalized spacial score (nSPS) is 10.1. The van der Waals surface area contributed by atoms with E-state index in [4.69, 9.17) is 17.4 Å². The lowest BCUT2D eigenvalue weighted by Crippen LogP contribution is -2.24. The Labute approximate surface area is 115 Å². The van der Waals surface area contributed by atoms with Gasteiger partial charge in [-0.3, -0.25) is 20.8 Å². The molecule has 1 aromatic carbocycles. The van der Waals surface area contributed by atoms with Crippen LogP contribution in [-0.2, 0) is 0 Å². The molecule has 4 N–H and O–H groups in total. The fourth-order valence-corrected chi connectivity index (χ4v) is 1.76. The molecule has 104 valence electrons. The van der Waals surface area contributed by atoms with Crippen molar-refractivity contribution < 1.29 is 9.72 Å². The molecular weight excluding hydrogens is 272 g/mol. The van der Waals surface area contributed by atoms with Gasteiger partial charge < -0.3 is 10.7 Å². The minimum Gasteiger partial charge on any atom is -0.352 e. The number of nitrogens with one attached hydrogen (secondary N) is 2. The van der Waals surface area contributed by atoms with Crippen molar-refractivity contribution in [3.8, 4) is 0 Å². The van der Waals surface area contributed by atoms with E-state index in [-0.39, 0.29) is 22.0 Å². The number of anilines is 1. The van der Waals surface area contributed by atoms with Crippen LogP contribution in [0.25, 0.3) is 0 Å². The van der Waals surface area contributed by atoms with Gasteiger partial charge in [0.1, 0.15) is 5.69 Å². The monoisotopic (exact) mass is 286 g/mol. The van der Waals surface area contributed by atoms with Crippen LogP contribution in [0.2, 0.25) is 5.02 Å². The fourth-order valence-electron chi connectivity index (χ4n) is 1.49. The van der Waals surface area contributed by atoms with E-state index in [1.807, 2.05) is 6.92 Å². The zero-order chi connectivity index (χ0) is 14.4. The highest BCUT2D eigenvalue weighted by Crippen LogP contribution is 2.32. The number of rotatable bonds is 6. The molecule has 0 aliphatic rings. The molecule has 19 heavy (non-hydrogen) atoms. The van der Waals surface area contributed by atoms with Crippen LogP contribution in [-0.4, -0.2) is 17.4 Å². The van der Waals surface area contributed by atoms with Crippen molar-refractivity contribution in [2.24, 2.45) is 5.84 Å². The first-order valence-electron chi connectivity index (χ1n) is 5.74. The molecule has 0 aromatic heterocycles. The average molecular weight is 287 g/mol. The summed E-state index contributed by atoms with van der Waals surface area (Å²) in [6.45, 7) is 2.51. The molecule has 0 aliphatic carbocycles. The second-order valence-corrected chi connectivity index (χ2v) is 4.27. The summed E-state index contributed by atoms with van der Waals surface area (Å²) in [5, 5.41) is 13.6. The van der Waals surface area contributed by atoms with Crippen molar-refractivity contribution in [2.75, 3.05) is 12.0 Å². The van der Waals surface area contributed by atoms with Gasteiger partial charge in [0.25, 0.3) is 11.6 Å². The van der Waals surface area contributed by atoms with Gasteiger partial charge >= 0.3 is 0 Å². The number of nitrogens with zero attached hydrogens (tertiary/aromatic N) is 1. The molecule has 0 spiro atoms. The molecular formula is C11H15ClN4O3. The van der Waals surface area contributed by atoms with Gasteiger partial charge in [-0.1, -0.05) is 24.9 Å². The summed E-state index contributed by atoms with van der Waals surface area (Å²) < 4.78 is 0. The number of hydrogen-bond donors (Lipinski definition) is 3. The van der Waals surface area contributed by atoms with Crippen LogP contribution in [0.15, 0.2) is 12.1 Å². The van der Waals surface area contributed by atoms with Crippen molar-refractivity contribution in [1.29, 1.82) is 0 Å². The number of hydrogen-bond acceptors (Lipinski definition) is 5. The van der Waals surface area contributed by atoms with Gasteiger partial charge in [0, 0.05) is 18.2 Å². The molecule has 0 bridgehead atoms. The lowest BCUT2D eigenvalue weighted by atomic mass is 10.1. The second-order valence-electron chi connectivity index (χ2n) is 3.86. The largest absolute Gasteiger partial charge is 0.352 e. The maximum atomic E-state index is 11.8. The first-order chi connectivity index (χ1) is 9.01. The van der Waals surface area contributed by atoms with Gasteiger partial charge in [0.2, 0.25) is 0 Å². The SMILES string of the molecule is CCCCNC(=O)c1cc(Cl)c(NN)c([N+](=O)[O-])c1. The molecule has 0 aliphatic heterocycles. The molecule has 0 saturated heterocycles. The van der Waals surface area contributed by atoms with Crippen LogP contribution in [0, 0.1) is 10.1 Å². The van der Waals surface area contributed by atoms with E-state index in [9.17, 15) is 14.9 Å². The third-order valence-electron chi connectivity index (χ3n) is 2.49. The summed E-state index contributed by atoms with van der Waals surface area (Å²) in [6, 6.07) is 2.48. The van der Waals surface area contributed by atoms with Crippen LogP contribution in [0.1, 0.15) is 30.1 Å². The highest BCUT2D eigenvalue weighted by molar-refractivity contribution is 6.34. The summed E-state index contributed by atoms with van der Waals surface area (Å²) in [6.07, 6.45) is 1.78. The summed E-state index contributed by atoms with van der Waals surface area (Å²) in [4.78, 5) is 22.0. The highest BCUT2D eigenvalue weighted by atomic mass is 35.5. The Hall–Kier alpha value is -1.86. The van der Waals surface area contributed by atoms with Crippen molar-refractivity contribution >= 4 is 28.9 Å². The second kappa shape index (κ2) is 6.91. The number of carbonyl (C=O) groups is 1. The lowest BCUT2D eigenvalue weighted by Gasteiger charge is -2.08. The smallest absolute Gasteiger partial charge is 0.295 e. The van der Waals surface area contributed by atoms with Crippen LogP contribution in [0.4, 0.5) is 11.4 Å². The third kappa shape index (κ3) is 3.80. The standard InChI is InChI=1S/C11H15ClN4O3/c1-2-3-4-14-11(17)7-5-8(12)10(15-13)9(6-7)16(18)19/h5-6,15H,2-4,13H2,1H3,(H,14,17). The predicted octanol–water partition coefficient (Wildman–Crippen LogP) is 2.06. The molecule has 1 aromatic rings. The van der Waals surface area contributed by atoms with Crippen molar-refractivity contribution in [3.05, 3.63) is 32.8 Å². The Balaban J connectivity index is 3.03. The van der Waals surface area contributed by atoms with E-state index in [0.29, 0.717) is 6.54 Å². The van der Waals surface area contributed by atoms with E-state index in [1.54, 1.807) is 0 Å². The van der Waals surface area contributed by atoms with Gasteiger partial charge in [-0.15, -0.1) is 0 Å². The Morgan fingerprint density at radius 2 is 2.21 bits per heavy atom. The van der Waals surface area contributed by atoms with Gasteiger partial charge in [-0.25, -0.2) is 0 Å². The molecule has 0 atom stereocenters. The minimum atomic E-state index is -0.649. The number of nitro groups is 1. The first-order valence-corrected chi connectivity index (χ1v) is 6.11. The van der Waals surface area contributed by atoms with E-state index >= 15 is 0 Å². The van der Waals surface area contributed by atoms with E-state index in [2.05, 4.69) is 10.7 Å². The third-order valence-corrected chi connectivity index (χ3v) is 2.79. The lowest BCUT2D eigenvalue weighted by molar-refractivity contribution is -0.384. The number of unbranched alkanes of at least 4 members (excludes halogenated alkanes) is 1. The maximum absolute atomic E-state index is 11.8. The van der Waals surface area contributed by atoms with Crippen molar-refractivity contribution in [1.82, 2.24) is 5.32 Å². The quantitative estimate of drug-likeness (QED) is 0.321. The van der Waals surface area contributed by atoms with Gasteiger partial charge in [-0.2, -0.15) is 0 Å². The number of carbonyl (C=O) groups excluding carboxylic acids is 1. The Morgan fingerprint density at radius 1 is 1.53 bits per heavy atom. The zero-order valence-electron chi connectivity index (χ0n) is 10.4. The van der Waals surface area contributed by atoms with Gasteiger partial charge in [-0.05, 0) is 12.5 Å². The molecule has 1 rings (SSSR count). The minimum absolute atomic E-state index is 0.0169. The summed E-state index contributed by atoms with van der Waals surface area (Å²) >= 11 is 5.86. The molecule has 0 radical (unpaired) electrons. The number of benzene rings is 1. The van der Waals surface area contributed by atoms with Gasteiger partial charge in [0.15, 0.2) is 0 Å². The number of amides is 1. The molecule has 7 nitrogen and oxygen atoms in total. The number of nitrogens with two attached hydrogens (primary N) is 1. The van der Waals surface area contributed by atoms with Gasteiger partial charge in [0.05, 0.1) is 9.95 Å². The van der Waals surface area contributed by atoms with E-state index in [1.165, 1.54) is 6.07 Å². The average Bonchev–Trinajstić information content (AvgIpc) is 2.37. The Bertz CT molecular complexity index is 493. The van der Waals surface area contributed by atoms with Crippen LogP contribution < -0.4 is 16.6 Å². The molecule has 0 heterocycles. The summed E-state index contributed by atoms with van der Waals surface area (Å²) in [7, 11) is 0. The first kappa shape index (κ1) is 15.2. The number of nitrogen functional groups attached to an aromatic ring is 1. The molecule has 0 unspecified atom stereocenters. The van der Waals surface area contributed by atoms with E-state index in [0.717, 1.165) is 18.9 Å². The fraction of sp³-hybridized carbons (Fsp3) is 0.364. The topological polar surface area (TPSA) is 110 Å². The predicted molar refractivity (Wildman–Crippen MR) is 73.2 cm³/mol. The summed E-state index contributed by atoms with van der Waals surface area (Å²) in [5.41, 5.74) is 1.94. The van der Waals surface area contributed by atoms with Crippen molar-refractivity contribution in [2.45, 2.75) is 19.8 Å². The van der Waals surface area contributed by atoms with Crippen LogP contribution in [0.3, 0.4) is 0 Å². The molecule has 0 fully saturated rings. The molecule has 1 amide bonds. The molecule has 0 saturated carbocycles. The van der Waals surface area contributed by atoms with E-state index < -0.39 is 10.8 Å². The van der Waals surface area contributed by atoms with Crippen LogP contribution >= 0.6 is 11.6 Å². The number of halogens is 1. The maximum Gasteiger partial charge on any atom is 0.295 e. The Morgan fingerprint density at radius 3 is 2.74 bits per heavy atom. The Kier molecular flexibility index (Phi) is 5.53. The molecule has 8 heteroatoms. The van der Waals surface area contributed by atoms with Crippen LogP contribution in [0.5, 0.6) is 0 Å². The van der Waals surface area contributed by atoms with Crippen molar-refractivity contribution in [3.63, 3.8) is 0 Å².